The zero-order valence-corrected chi connectivity index (χ0v) is 21.2. The maximum Gasteiger partial charge on any atom is 0.324 e. The van der Waals surface area contributed by atoms with Gasteiger partial charge in [-0.25, -0.2) is 4.39 Å². The monoisotopic (exact) mass is 490 g/mol. The fourth-order valence-electron chi connectivity index (χ4n) is 4.24. The number of halogens is 1. The van der Waals surface area contributed by atoms with E-state index < -0.39 is 11.7 Å². The maximum absolute atomic E-state index is 14.2. The number of nitrogens with one attached hydrogen (secondary N) is 1. The minimum Gasteiger partial charge on any atom is -0.501 e. The molecule has 0 spiro atoms. The highest BCUT2D eigenvalue weighted by Crippen LogP contribution is 2.26. The molecular formula is C26H39FN4O4. The number of ether oxygens (including phenoxy) is 2. The lowest BCUT2D eigenvalue weighted by molar-refractivity contribution is -0.118. The smallest absolute Gasteiger partial charge is 0.324 e. The van der Waals surface area contributed by atoms with Crippen LogP contribution in [-0.2, 0) is 14.3 Å². The molecule has 1 aromatic heterocycles. The fourth-order valence-corrected chi connectivity index (χ4v) is 4.24. The highest BCUT2D eigenvalue weighted by atomic mass is 19.1. The molecule has 0 unspecified atom stereocenters. The van der Waals surface area contributed by atoms with Gasteiger partial charge >= 0.3 is 6.01 Å². The van der Waals surface area contributed by atoms with E-state index in [1.165, 1.54) is 18.4 Å². The summed E-state index contributed by atoms with van der Waals surface area (Å²) >= 11 is 0. The van der Waals surface area contributed by atoms with Gasteiger partial charge in [0.1, 0.15) is 5.83 Å². The quantitative estimate of drug-likeness (QED) is 0.206. The molecule has 0 radical (unpaired) electrons. The molecule has 0 atom stereocenters. The van der Waals surface area contributed by atoms with E-state index in [4.69, 9.17) is 14.0 Å². The Kier molecular flexibility index (Phi) is 10.8. The van der Waals surface area contributed by atoms with Crippen molar-refractivity contribution in [3.8, 4) is 0 Å². The number of aromatic nitrogens is 2. The van der Waals surface area contributed by atoms with Gasteiger partial charge in [-0.2, -0.15) is 4.98 Å². The molecule has 2 fully saturated rings. The van der Waals surface area contributed by atoms with Crippen molar-refractivity contribution in [1.82, 2.24) is 15.5 Å². The van der Waals surface area contributed by atoms with Crippen LogP contribution in [0.1, 0.15) is 71.0 Å². The number of piperidine rings is 1. The van der Waals surface area contributed by atoms with Crippen molar-refractivity contribution >= 4 is 11.9 Å². The Morgan fingerprint density at radius 1 is 1.26 bits per heavy atom. The molecule has 2 saturated heterocycles. The molecule has 8 nitrogen and oxygen atoms in total. The summed E-state index contributed by atoms with van der Waals surface area (Å²) in [5.74, 6) is 0.701. The van der Waals surface area contributed by atoms with Gasteiger partial charge in [0.25, 0.3) is 5.91 Å². The molecule has 3 rings (SSSR count). The van der Waals surface area contributed by atoms with Crippen molar-refractivity contribution in [2.75, 3.05) is 37.8 Å². The molecule has 1 amide bonds. The third-order valence-corrected chi connectivity index (χ3v) is 6.46. The predicted molar refractivity (Wildman–Crippen MR) is 133 cm³/mol. The Balaban J connectivity index is 1.35. The Morgan fingerprint density at radius 2 is 2.00 bits per heavy atom. The third-order valence-electron chi connectivity index (χ3n) is 6.46. The summed E-state index contributed by atoms with van der Waals surface area (Å²) in [6.45, 7) is 9.33. The predicted octanol–water partition coefficient (Wildman–Crippen LogP) is 4.81. The van der Waals surface area contributed by atoms with Crippen molar-refractivity contribution in [3.05, 3.63) is 41.7 Å². The summed E-state index contributed by atoms with van der Waals surface area (Å²) in [5.41, 5.74) is 0.00682. The number of hydrogen-bond acceptors (Lipinski definition) is 7. The van der Waals surface area contributed by atoms with Gasteiger partial charge < -0.3 is 24.2 Å². The van der Waals surface area contributed by atoms with Gasteiger partial charge in [-0.05, 0) is 63.5 Å². The number of rotatable bonds is 11. The van der Waals surface area contributed by atoms with Crippen molar-refractivity contribution in [1.29, 1.82) is 0 Å². The number of amides is 1. The number of hydrogen-bond donors (Lipinski definition) is 1. The summed E-state index contributed by atoms with van der Waals surface area (Å²) in [6.07, 6.45) is 11.5. The molecule has 1 aromatic rings. The highest BCUT2D eigenvalue weighted by Gasteiger charge is 2.23. The molecule has 2 aliphatic heterocycles. The molecule has 0 saturated carbocycles. The standard InChI is InChI=1S/C26H39FN4O4/c1-4-23(27)22(25(32)28-21-11-17-34-18-12-21)8-6-16-33-15-5-7-20-9-13-31(14-10-20)26-29-24(19(2)3)30-35-26/h4,6,8,16,19-21H,5,7,9-15,17-18H2,1-3H3,(H,28,32)/b16-6+,22-8+,23-4+. The Labute approximate surface area is 207 Å². The number of carbonyl (C=O) groups excluding carboxylic acids is 1. The Hall–Kier alpha value is -2.68. The van der Waals surface area contributed by atoms with E-state index in [0.717, 1.165) is 57.4 Å². The summed E-state index contributed by atoms with van der Waals surface area (Å²) in [5, 5.41) is 6.94. The van der Waals surface area contributed by atoms with E-state index in [1.54, 1.807) is 13.0 Å². The van der Waals surface area contributed by atoms with Gasteiger partial charge in [-0.3, -0.25) is 4.79 Å². The number of carbonyl (C=O) groups is 1. The first-order valence-electron chi connectivity index (χ1n) is 12.8. The molecule has 194 valence electrons. The average Bonchev–Trinajstić information content (AvgIpc) is 3.37. The van der Waals surface area contributed by atoms with Gasteiger partial charge in [-0.1, -0.05) is 25.1 Å². The normalized spacial score (nSPS) is 19.1. The van der Waals surface area contributed by atoms with Gasteiger partial charge in [0.2, 0.25) is 0 Å². The van der Waals surface area contributed by atoms with E-state index >= 15 is 0 Å². The van der Waals surface area contributed by atoms with E-state index in [1.807, 2.05) is 0 Å². The van der Waals surface area contributed by atoms with Gasteiger partial charge in [-0.15, -0.1) is 0 Å². The first-order chi connectivity index (χ1) is 17.0. The second-order valence-electron chi connectivity index (χ2n) is 9.44. The number of anilines is 1. The molecule has 1 N–H and O–H groups in total. The van der Waals surface area contributed by atoms with E-state index in [9.17, 15) is 9.18 Å². The van der Waals surface area contributed by atoms with Gasteiger partial charge in [0.05, 0.1) is 18.4 Å². The Morgan fingerprint density at radius 3 is 2.66 bits per heavy atom. The lowest BCUT2D eigenvalue weighted by Crippen LogP contribution is -2.39. The van der Waals surface area contributed by atoms with Crippen LogP contribution in [0.5, 0.6) is 0 Å². The summed E-state index contributed by atoms with van der Waals surface area (Å²) < 4.78 is 30.5. The zero-order valence-electron chi connectivity index (χ0n) is 21.2. The third kappa shape index (κ3) is 8.49. The van der Waals surface area contributed by atoms with Crippen LogP contribution >= 0.6 is 0 Å². The molecule has 0 aromatic carbocycles. The summed E-state index contributed by atoms with van der Waals surface area (Å²) in [4.78, 5) is 19.2. The van der Waals surface area contributed by atoms with E-state index in [-0.39, 0.29) is 17.5 Å². The average molecular weight is 491 g/mol. The zero-order chi connectivity index (χ0) is 25.0. The SMILES string of the molecule is C\C=C(F)/C(=C\C=C\OCCCC1CCN(c2nc(C(C)C)no2)CC1)C(=O)NC1CCOCC1. The van der Waals surface area contributed by atoms with Gasteiger partial charge in [0, 0.05) is 38.3 Å². The maximum atomic E-state index is 14.2. The molecule has 35 heavy (non-hydrogen) atoms. The van der Waals surface area contributed by atoms with Crippen LogP contribution in [0.2, 0.25) is 0 Å². The van der Waals surface area contributed by atoms with Crippen molar-refractivity contribution in [2.45, 2.75) is 71.3 Å². The second kappa shape index (κ2) is 14.0. The topological polar surface area (TPSA) is 89.7 Å². The molecule has 9 heteroatoms. The molecule has 3 heterocycles. The Bertz CT molecular complexity index is 882. The van der Waals surface area contributed by atoms with Crippen molar-refractivity contribution < 1.29 is 23.2 Å². The van der Waals surface area contributed by atoms with Crippen LogP contribution in [-0.4, -0.2) is 55.0 Å². The lowest BCUT2D eigenvalue weighted by atomic mass is 9.92. The highest BCUT2D eigenvalue weighted by molar-refractivity contribution is 5.97. The van der Waals surface area contributed by atoms with E-state index in [2.05, 4.69) is 34.2 Å². The number of allylic oxidation sites excluding steroid dienone is 3. The van der Waals surface area contributed by atoms with Crippen LogP contribution in [0.4, 0.5) is 10.4 Å². The van der Waals surface area contributed by atoms with Crippen LogP contribution in [0.3, 0.4) is 0 Å². The largest absolute Gasteiger partial charge is 0.501 e. The molecule has 2 aliphatic rings. The van der Waals surface area contributed by atoms with Gasteiger partial charge in [0.15, 0.2) is 5.82 Å². The first-order valence-corrected chi connectivity index (χ1v) is 12.8. The first kappa shape index (κ1) is 26.9. The van der Waals surface area contributed by atoms with Crippen LogP contribution < -0.4 is 10.2 Å². The van der Waals surface area contributed by atoms with Crippen LogP contribution in [0.25, 0.3) is 0 Å². The van der Waals surface area contributed by atoms with Crippen LogP contribution in [0.15, 0.2) is 40.4 Å². The van der Waals surface area contributed by atoms with Crippen molar-refractivity contribution in [2.24, 2.45) is 5.92 Å². The van der Waals surface area contributed by atoms with E-state index in [0.29, 0.717) is 31.8 Å². The number of nitrogens with zero attached hydrogens (tertiary/aromatic N) is 3. The molecular weight excluding hydrogens is 451 g/mol. The molecule has 0 aliphatic carbocycles. The molecule has 0 bridgehead atoms. The second-order valence-corrected chi connectivity index (χ2v) is 9.44. The lowest BCUT2D eigenvalue weighted by Gasteiger charge is -2.30. The minimum absolute atomic E-state index is 0.00682. The fraction of sp³-hybridized carbons (Fsp3) is 0.654. The minimum atomic E-state index is -0.550. The van der Waals surface area contributed by atoms with Crippen LogP contribution in [0, 0.1) is 5.92 Å². The summed E-state index contributed by atoms with van der Waals surface area (Å²) in [7, 11) is 0. The van der Waals surface area contributed by atoms with Crippen molar-refractivity contribution in [3.63, 3.8) is 0 Å². The summed E-state index contributed by atoms with van der Waals surface area (Å²) in [6, 6.07) is 0.643.